The van der Waals surface area contributed by atoms with Crippen LogP contribution in [0.5, 0.6) is 0 Å². The molecule has 3 nitrogen and oxygen atoms in total. The molecule has 0 saturated heterocycles. The summed E-state index contributed by atoms with van der Waals surface area (Å²) in [6.07, 6.45) is 6.41. The number of rotatable bonds is 6. The van der Waals surface area contributed by atoms with Gasteiger partial charge in [-0.1, -0.05) is 47.1 Å². The van der Waals surface area contributed by atoms with Crippen LogP contribution in [0.3, 0.4) is 0 Å². The first-order valence-corrected chi connectivity index (χ1v) is 10.2. The zero-order valence-corrected chi connectivity index (χ0v) is 15.9. The third kappa shape index (κ3) is 3.44. The second-order valence-corrected chi connectivity index (χ2v) is 7.78. The highest BCUT2D eigenvalue weighted by molar-refractivity contribution is 7.98. The van der Waals surface area contributed by atoms with Gasteiger partial charge in [-0.3, -0.25) is 4.79 Å². The number of thioether (sulfide) groups is 1. The van der Waals surface area contributed by atoms with Crippen LogP contribution in [0.2, 0.25) is 5.02 Å². The van der Waals surface area contributed by atoms with Gasteiger partial charge in [0.1, 0.15) is 0 Å². The summed E-state index contributed by atoms with van der Waals surface area (Å²) in [5.74, 6) is 1.08. The first-order chi connectivity index (χ1) is 12.7. The van der Waals surface area contributed by atoms with Gasteiger partial charge < -0.3 is 4.52 Å². The summed E-state index contributed by atoms with van der Waals surface area (Å²) in [7, 11) is 0. The van der Waals surface area contributed by atoms with Crippen LogP contribution in [0.4, 0.5) is 0 Å². The van der Waals surface area contributed by atoms with E-state index in [0.29, 0.717) is 23.5 Å². The minimum Gasteiger partial charge on any atom is -0.360 e. The number of hydrogen-bond acceptors (Lipinski definition) is 4. The number of carbonyl (C=O) groups excluding carboxylic acids is 1. The van der Waals surface area contributed by atoms with E-state index in [2.05, 4.69) is 5.16 Å². The zero-order valence-electron chi connectivity index (χ0n) is 14.4. The number of aromatic nitrogens is 1. The van der Waals surface area contributed by atoms with E-state index in [4.69, 9.17) is 16.1 Å². The van der Waals surface area contributed by atoms with Gasteiger partial charge in [0, 0.05) is 21.4 Å². The van der Waals surface area contributed by atoms with Crippen molar-refractivity contribution in [3.63, 3.8) is 0 Å². The molecule has 1 heterocycles. The number of benzene rings is 2. The SMILES string of the molecule is CSc1cc(Cl)ccc1Cc1ccccc1C(=O)c1cnoc1C1CC1. The molecule has 1 saturated carbocycles. The normalized spacial score (nSPS) is 13.8. The fourth-order valence-corrected chi connectivity index (χ4v) is 4.05. The third-order valence-corrected chi connectivity index (χ3v) is 5.74. The van der Waals surface area contributed by atoms with E-state index >= 15 is 0 Å². The summed E-state index contributed by atoms with van der Waals surface area (Å²) in [5, 5.41) is 4.59. The molecule has 0 amide bonds. The van der Waals surface area contributed by atoms with Gasteiger partial charge in [0.25, 0.3) is 0 Å². The topological polar surface area (TPSA) is 43.1 Å². The Morgan fingerprint density at radius 3 is 2.77 bits per heavy atom. The molecule has 0 unspecified atom stereocenters. The Kier molecular flexibility index (Phi) is 4.88. The molecule has 4 rings (SSSR count). The highest BCUT2D eigenvalue weighted by Crippen LogP contribution is 2.42. The molecule has 1 aromatic heterocycles. The van der Waals surface area contributed by atoms with E-state index in [0.717, 1.165) is 39.6 Å². The van der Waals surface area contributed by atoms with Gasteiger partial charge >= 0.3 is 0 Å². The van der Waals surface area contributed by atoms with Crippen LogP contribution >= 0.6 is 23.4 Å². The molecule has 0 atom stereocenters. The van der Waals surface area contributed by atoms with E-state index in [1.807, 2.05) is 48.7 Å². The monoisotopic (exact) mass is 383 g/mol. The molecule has 1 aliphatic carbocycles. The number of hydrogen-bond donors (Lipinski definition) is 0. The number of nitrogens with zero attached hydrogens (tertiary/aromatic N) is 1. The Labute approximate surface area is 161 Å². The number of carbonyl (C=O) groups is 1. The molecular weight excluding hydrogens is 366 g/mol. The maximum atomic E-state index is 13.2. The van der Waals surface area contributed by atoms with Gasteiger partial charge in [0.2, 0.25) is 0 Å². The summed E-state index contributed by atoms with van der Waals surface area (Å²) in [6, 6.07) is 13.7. The Morgan fingerprint density at radius 2 is 2.00 bits per heavy atom. The maximum Gasteiger partial charge on any atom is 0.198 e. The molecule has 0 bridgehead atoms. The van der Waals surface area contributed by atoms with E-state index in [1.165, 1.54) is 0 Å². The maximum absolute atomic E-state index is 13.2. The summed E-state index contributed by atoms with van der Waals surface area (Å²) >= 11 is 7.78. The largest absolute Gasteiger partial charge is 0.360 e. The Hall–Kier alpha value is -2.04. The van der Waals surface area contributed by atoms with Crippen molar-refractivity contribution in [1.82, 2.24) is 5.16 Å². The third-order valence-electron chi connectivity index (χ3n) is 4.68. The van der Waals surface area contributed by atoms with Gasteiger partial charge in [-0.2, -0.15) is 0 Å². The van der Waals surface area contributed by atoms with Crippen molar-refractivity contribution in [2.24, 2.45) is 0 Å². The fourth-order valence-electron chi connectivity index (χ4n) is 3.17. The molecular formula is C21H18ClNO2S. The lowest BCUT2D eigenvalue weighted by atomic mass is 9.94. The van der Waals surface area contributed by atoms with Gasteiger partial charge in [-0.15, -0.1) is 11.8 Å². The van der Waals surface area contributed by atoms with Crippen molar-refractivity contribution in [3.8, 4) is 0 Å². The minimum absolute atomic E-state index is 0.0107. The molecule has 2 aromatic carbocycles. The highest BCUT2D eigenvalue weighted by Gasteiger charge is 2.33. The van der Waals surface area contributed by atoms with E-state index in [1.54, 1.807) is 18.0 Å². The van der Waals surface area contributed by atoms with Gasteiger partial charge in [-0.05, 0) is 48.8 Å². The lowest BCUT2D eigenvalue weighted by Gasteiger charge is -2.11. The van der Waals surface area contributed by atoms with Crippen LogP contribution in [-0.4, -0.2) is 17.2 Å². The number of halogens is 1. The predicted molar refractivity (Wildman–Crippen MR) is 104 cm³/mol. The van der Waals surface area contributed by atoms with Crippen LogP contribution in [0.25, 0.3) is 0 Å². The van der Waals surface area contributed by atoms with Crippen LogP contribution in [-0.2, 0) is 6.42 Å². The highest BCUT2D eigenvalue weighted by atomic mass is 35.5. The Morgan fingerprint density at radius 1 is 1.19 bits per heavy atom. The second-order valence-electron chi connectivity index (χ2n) is 6.50. The van der Waals surface area contributed by atoms with Crippen molar-refractivity contribution in [1.29, 1.82) is 0 Å². The Bertz CT molecular complexity index is 962. The molecule has 1 fully saturated rings. The standard InChI is InChI=1S/C21H18ClNO2S/c1-26-19-11-16(22)9-8-15(19)10-14-4-2-3-5-17(14)20(24)18-12-23-25-21(18)13-6-7-13/h2-5,8-9,11-13H,6-7,10H2,1H3. The number of ketones is 1. The molecule has 0 N–H and O–H groups in total. The molecule has 132 valence electrons. The van der Waals surface area contributed by atoms with E-state index in [-0.39, 0.29) is 5.78 Å². The van der Waals surface area contributed by atoms with E-state index < -0.39 is 0 Å². The molecule has 0 spiro atoms. The molecule has 3 aromatic rings. The molecule has 5 heteroatoms. The minimum atomic E-state index is -0.0107. The Balaban J connectivity index is 1.69. The van der Waals surface area contributed by atoms with Crippen LogP contribution in [0.15, 0.2) is 58.1 Å². The molecule has 0 radical (unpaired) electrons. The van der Waals surface area contributed by atoms with Crippen molar-refractivity contribution < 1.29 is 9.32 Å². The molecule has 0 aliphatic heterocycles. The average molecular weight is 384 g/mol. The average Bonchev–Trinajstić information content (AvgIpc) is 3.39. The fraction of sp³-hybridized carbons (Fsp3) is 0.238. The smallest absolute Gasteiger partial charge is 0.198 e. The van der Waals surface area contributed by atoms with Crippen LogP contribution in [0.1, 0.15) is 51.6 Å². The summed E-state index contributed by atoms with van der Waals surface area (Å²) in [5.41, 5.74) is 3.47. The first-order valence-electron chi connectivity index (χ1n) is 8.57. The van der Waals surface area contributed by atoms with Crippen molar-refractivity contribution in [3.05, 3.63) is 81.7 Å². The van der Waals surface area contributed by atoms with Crippen LogP contribution in [0, 0.1) is 0 Å². The lowest BCUT2D eigenvalue weighted by Crippen LogP contribution is -2.07. The summed E-state index contributed by atoms with van der Waals surface area (Å²) in [4.78, 5) is 14.3. The van der Waals surface area contributed by atoms with E-state index in [9.17, 15) is 4.79 Å². The predicted octanol–water partition coefficient (Wildman–Crippen LogP) is 5.75. The quantitative estimate of drug-likeness (QED) is 0.401. The van der Waals surface area contributed by atoms with Crippen molar-refractivity contribution >= 4 is 29.1 Å². The van der Waals surface area contributed by atoms with Crippen LogP contribution < -0.4 is 0 Å². The summed E-state index contributed by atoms with van der Waals surface area (Å²) < 4.78 is 5.35. The van der Waals surface area contributed by atoms with Gasteiger partial charge in [-0.25, -0.2) is 0 Å². The van der Waals surface area contributed by atoms with Gasteiger partial charge in [0.15, 0.2) is 11.5 Å². The molecule has 1 aliphatic rings. The van der Waals surface area contributed by atoms with Crippen molar-refractivity contribution in [2.75, 3.05) is 6.26 Å². The van der Waals surface area contributed by atoms with Gasteiger partial charge in [0.05, 0.1) is 11.8 Å². The first kappa shape index (κ1) is 17.4. The zero-order chi connectivity index (χ0) is 18.1. The second kappa shape index (κ2) is 7.29. The lowest BCUT2D eigenvalue weighted by molar-refractivity contribution is 0.103. The summed E-state index contributed by atoms with van der Waals surface area (Å²) in [6.45, 7) is 0. The van der Waals surface area contributed by atoms with Crippen molar-refractivity contribution in [2.45, 2.75) is 30.1 Å². The molecule has 26 heavy (non-hydrogen) atoms.